The van der Waals surface area contributed by atoms with Gasteiger partial charge in [0.1, 0.15) is 10.6 Å². The molecule has 2 aromatic carbocycles. The van der Waals surface area contributed by atoms with Gasteiger partial charge in [0.05, 0.1) is 19.3 Å². The highest BCUT2D eigenvalue weighted by molar-refractivity contribution is 7.89. The van der Waals surface area contributed by atoms with Gasteiger partial charge in [0, 0.05) is 24.3 Å². The van der Waals surface area contributed by atoms with Crippen molar-refractivity contribution in [3.05, 3.63) is 53.6 Å². The summed E-state index contributed by atoms with van der Waals surface area (Å²) in [5.74, 6) is -0.809. The van der Waals surface area contributed by atoms with Crippen molar-refractivity contribution in [2.45, 2.75) is 24.7 Å². The Labute approximate surface area is 175 Å². The van der Waals surface area contributed by atoms with E-state index in [0.29, 0.717) is 24.3 Å². The van der Waals surface area contributed by atoms with Gasteiger partial charge in [-0.25, -0.2) is 13.2 Å². The molecule has 0 saturated carbocycles. The number of sulfonamides is 1. The fourth-order valence-corrected chi connectivity index (χ4v) is 4.93. The van der Waals surface area contributed by atoms with Crippen molar-refractivity contribution < 1.29 is 27.5 Å². The molecule has 1 N–H and O–H groups in total. The maximum Gasteiger partial charge on any atom is 0.338 e. The number of carbonyl (C=O) groups excluding carboxylic acids is 2. The van der Waals surface area contributed by atoms with Crippen molar-refractivity contribution in [2.24, 2.45) is 0 Å². The van der Waals surface area contributed by atoms with Crippen LogP contribution in [0.5, 0.6) is 5.75 Å². The van der Waals surface area contributed by atoms with Gasteiger partial charge in [-0.05, 0) is 56.2 Å². The van der Waals surface area contributed by atoms with Gasteiger partial charge in [0.2, 0.25) is 10.0 Å². The smallest absolute Gasteiger partial charge is 0.338 e. The van der Waals surface area contributed by atoms with E-state index in [2.05, 4.69) is 5.32 Å². The minimum absolute atomic E-state index is 0.0418. The Morgan fingerprint density at radius 2 is 1.80 bits per heavy atom. The van der Waals surface area contributed by atoms with Crippen LogP contribution in [0.25, 0.3) is 0 Å². The van der Waals surface area contributed by atoms with Gasteiger partial charge >= 0.3 is 5.97 Å². The molecular weight excluding hydrogens is 408 g/mol. The quantitative estimate of drug-likeness (QED) is 0.675. The van der Waals surface area contributed by atoms with E-state index in [4.69, 9.17) is 9.47 Å². The lowest BCUT2D eigenvalue weighted by molar-refractivity contribution is 0.0526. The Hall–Kier alpha value is -2.91. The Bertz CT molecular complexity index is 1050. The number of methoxy groups -OCH3 is 1. The standard InChI is InChI=1S/C21H24N2O6S/c1-3-29-21(25)16-7-6-8-17(13-16)22-20(24)15-9-10-18(28-2)19(14-15)30(26,27)23-11-4-5-12-23/h6-10,13-14H,3-5,11-12H2,1-2H3,(H,22,24). The van der Waals surface area contributed by atoms with Crippen molar-refractivity contribution in [2.75, 3.05) is 32.1 Å². The summed E-state index contributed by atoms with van der Waals surface area (Å²) in [7, 11) is -2.38. The molecule has 1 aliphatic rings. The molecule has 0 bridgehead atoms. The van der Waals surface area contributed by atoms with Crippen LogP contribution < -0.4 is 10.1 Å². The monoisotopic (exact) mass is 432 g/mol. The van der Waals surface area contributed by atoms with Crippen LogP contribution >= 0.6 is 0 Å². The molecule has 0 radical (unpaired) electrons. The largest absolute Gasteiger partial charge is 0.495 e. The maximum atomic E-state index is 13.0. The average molecular weight is 432 g/mol. The third-order valence-electron chi connectivity index (χ3n) is 4.74. The molecule has 1 aliphatic heterocycles. The topological polar surface area (TPSA) is 102 Å². The van der Waals surface area contributed by atoms with Gasteiger partial charge in [-0.15, -0.1) is 0 Å². The highest BCUT2D eigenvalue weighted by Crippen LogP contribution is 2.30. The average Bonchev–Trinajstić information content (AvgIpc) is 3.29. The molecule has 0 aliphatic carbocycles. The zero-order valence-corrected chi connectivity index (χ0v) is 17.7. The van der Waals surface area contributed by atoms with Crippen LogP contribution in [0.3, 0.4) is 0 Å². The summed E-state index contributed by atoms with van der Waals surface area (Å²) in [4.78, 5) is 24.6. The molecule has 0 unspecified atom stereocenters. The summed E-state index contributed by atoms with van der Waals surface area (Å²) >= 11 is 0. The van der Waals surface area contributed by atoms with E-state index < -0.39 is 21.9 Å². The highest BCUT2D eigenvalue weighted by Gasteiger charge is 2.30. The number of nitrogens with zero attached hydrogens (tertiary/aromatic N) is 1. The number of anilines is 1. The van der Waals surface area contributed by atoms with E-state index in [0.717, 1.165) is 12.8 Å². The number of nitrogens with one attached hydrogen (secondary N) is 1. The third-order valence-corrected chi connectivity index (χ3v) is 6.66. The molecular formula is C21H24N2O6S. The van der Waals surface area contributed by atoms with Gasteiger partial charge in [0.15, 0.2) is 0 Å². The Morgan fingerprint density at radius 3 is 2.47 bits per heavy atom. The molecule has 0 aromatic heterocycles. The van der Waals surface area contributed by atoms with Crippen LogP contribution in [0, 0.1) is 0 Å². The van der Waals surface area contributed by atoms with Crippen LogP contribution in [0.1, 0.15) is 40.5 Å². The van der Waals surface area contributed by atoms with E-state index in [-0.39, 0.29) is 22.8 Å². The number of rotatable bonds is 7. The number of benzene rings is 2. The molecule has 1 fully saturated rings. The Morgan fingerprint density at radius 1 is 1.07 bits per heavy atom. The molecule has 0 spiro atoms. The van der Waals surface area contributed by atoms with E-state index in [1.54, 1.807) is 25.1 Å². The van der Waals surface area contributed by atoms with Crippen molar-refractivity contribution in [1.29, 1.82) is 0 Å². The predicted molar refractivity (Wildman–Crippen MR) is 111 cm³/mol. The van der Waals surface area contributed by atoms with Crippen LogP contribution in [0.4, 0.5) is 5.69 Å². The summed E-state index contributed by atoms with van der Waals surface area (Å²) in [5, 5.41) is 2.69. The molecule has 3 rings (SSSR count). The minimum atomic E-state index is -3.77. The van der Waals surface area contributed by atoms with Gasteiger partial charge in [0.25, 0.3) is 5.91 Å². The second kappa shape index (κ2) is 9.27. The lowest BCUT2D eigenvalue weighted by atomic mass is 10.1. The van der Waals surface area contributed by atoms with Gasteiger partial charge in [-0.2, -0.15) is 4.31 Å². The van der Waals surface area contributed by atoms with Crippen molar-refractivity contribution in [1.82, 2.24) is 4.31 Å². The zero-order chi connectivity index (χ0) is 21.7. The number of amides is 1. The summed E-state index contributed by atoms with van der Waals surface area (Å²) in [5.41, 5.74) is 0.863. The zero-order valence-electron chi connectivity index (χ0n) is 16.9. The Kier molecular flexibility index (Phi) is 6.73. The molecule has 2 aromatic rings. The summed E-state index contributed by atoms with van der Waals surface area (Å²) in [6.45, 7) is 2.85. The molecule has 1 heterocycles. The van der Waals surface area contributed by atoms with Crippen molar-refractivity contribution >= 4 is 27.6 Å². The number of hydrogen-bond donors (Lipinski definition) is 1. The highest BCUT2D eigenvalue weighted by atomic mass is 32.2. The molecule has 160 valence electrons. The van der Waals surface area contributed by atoms with Crippen LogP contribution in [-0.2, 0) is 14.8 Å². The molecule has 30 heavy (non-hydrogen) atoms. The SMILES string of the molecule is CCOC(=O)c1cccc(NC(=O)c2ccc(OC)c(S(=O)(=O)N3CCCC3)c2)c1. The number of ether oxygens (including phenoxy) is 2. The second-order valence-electron chi connectivity index (χ2n) is 6.73. The lowest BCUT2D eigenvalue weighted by Gasteiger charge is -2.18. The Balaban J connectivity index is 1.87. The number of carbonyl (C=O) groups is 2. The first kappa shape index (κ1) is 21.8. The van der Waals surface area contributed by atoms with Crippen LogP contribution in [0.15, 0.2) is 47.4 Å². The van der Waals surface area contributed by atoms with Crippen LogP contribution in [-0.4, -0.2) is 51.4 Å². The van der Waals surface area contributed by atoms with E-state index in [9.17, 15) is 18.0 Å². The van der Waals surface area contributed by atoms with E-state index in [1.165, 1.54) is 35.7 Å². The third kappa shape index (κ3) is 4.63. The first-order valence-electron chi connectivity index (χ1n) is 9.63. The molecule has 1 amide bonds. The predicted octanol–water partition coefficient (Wildman–Crippen LogP) is 2.91. The number of esters is 1. The van der Waals surface area contributed by atoms with Gasteiger partial charge < -0.3 is 14.8 Å². The summed E-state index contributed by atoms with van der Waals surface area (Å²) in [6, 6.07) is 10.6. The molecule has 0 atom stereocenters. The van der Waals surface area contributed by atoms with E-state index in [1.807, 2.05) is 0 Å². The normalized spacial score (nSPS) is 14.3. The fraction of sp³-hybridized carbons (Fsp3) is 0.333. The number of hydrogen-bond acceptors (Lipinski definition) is 6. The first-order valence-corrected chi connectivity index (χ1v) is 11.1. The van der Waals surface area contributed by atoms with Crippen molar-refractivity contribution in [3.8, 4) is 5.75 Å². The van der Waals surface area contributed by atoms with Gasteiger partial charge in [-0.1, -0.05) is 6.07 Å². The first-order chi connectivity index (χ1) is 14.4. The van der Waals surface area contributed by atoms with E-state index >= 15 is 0 Å². The fourth-order valence-electron chi connectivity index (χ4n) is 3.23. The molecule has 9 heteroatoms. The molecule has 1 saturated heterocycles. The van der Waals surface area contributed by atoms with Gasteiger partial charge in [-0.3, -0.25) is 4.79 Å². The molecule has 8 nitrogen and oxygen atoms in total. The minimum Gasteiger partial charge on any atom is -0.495 e. The summed E-state index contributed by atoms with van der Waals surface area (Å²) in [6.07, 6.45) is 1.61. The lowest BCUT2D eigenvalue weighted by Crippen LogP contribution is -2.28. The second-order valence-corrected chi connectivity index (χ2v) is 8.64. The van der Waals surface area contributed by atoms with Crippen LogP contribution in [0.2, 0.25) is 0 Å². The van der Waals surface area contributed by atoms with Crippen molar-refractivity contribution in [3.63, 3.8) is 0 Å². The summed E-state index contributed by atoms with van der Waals surface area (Å²) < 4.78 is 37.6. The maximum absolute atomic E-state index is 13.0.